The fourth-order valence-corrected chi connectivity index (χ4v) is 4.28. The predicted molar refractivity (Wildman–Crippen MR) is 127 cm³/mol. The monoisotopic (exact) mass is 384 g/mol. The van der Waals surface area contributed by atoms with Gasteiger partial charge in [-0.1, -0.05) is 68.4 Å². The zero-order chi connectivity index (χ0) is 21.7. The maximum atomic E-state index is 3.54. The molecule has 0 aliphatic heterocycles. The molecule has 1 N–H and O–H groups in total. The van der Waals surface area contributed by atoms with Gasteiger partial charge in [-0.15, -0.1) is 0 Å². The van der Waals surface area contributed by atoms with Gasteiger partial charge in [-0.25, -0.2) is 0 Å². The van der Waals surface area contributed by atoms with E-state index in [1.165, 1.54) is 22.2 Å². The number of hydrogen-bond donors (Lipinski definition) is 1. The number of fused-ring (bicyclic) bond motifs is 1. The van der Waals surface area contributed by atoms with Crippen LogP contribution in [0.1, 0.15) is 95.2 Å². The molecule has 158 valence electrons. The fraction of sp³-hybridized carbons (Fsp3) is 0.692. The first-order valence-corrected chi connectivity index (χ1v) is 10.8. The topological polar surface area (TPSA) is 19.0 Å². The highest BCUT2D eigenvalue weighted by atomic mass is 15.2. The third kappa shape index (κ3) is 5.13. The van der Waals surface area contributed by atoms with E-state index in [0.29, 0.717) is 6.04 Å². The molecule has 0 saturated heterocycles. The average molecular weight is 385 g/mol. The number of hydrogen-bond acceptors (Lipinski definition) is 1. The molecule has 1 unspecified atom stereocenters. The number of H-pyrrole nitrogens is 1. The molecule has 0 aliphatic carbocycles. The lowest BCUT2D eigenvalue weighted by Crippen LogP contribution is -2.54. The van der Waals surface area contributed by atoms with Gasteiger partial charge in [0.25, 0.3) is 0 Å². The molecule has 0 amide bonds. The molecule has 0 aliphatic rings. The second kappa shape index (κ2) is 7.11. The minimum Gasteiger partial charge on any atom is -0.363 e. The van der Waals surface area contributed by atoms with E-state index in [9.17, 15) is 0 Å². The summed E-state index contributed by atoms with van der Waals surface area (Å²) in [5, 5.41) is 2.65. The second-order valence-electron chi connectivity index (χ2n) is 12.9. The summed E-state index contributed by atoms with van der Waals surface area (Å²) in [6.07, 6.45) is 3.31. The Morgan fingerprint density at radius 2 is 1.43 bits per heavy atom. The van der Waals surface area contributed by atoms with Crippen LogP contribution in [-0.4, -0.2) is 16.6 Å². The van der Waals surface area contributed by atoms with E-state index < -0.39 is 0 Å². The Labute approximate surface area is 174 Å². The Bertz CT molecular complexity index is 798. The fourth-order valence-electron chi connectivity index (χ4n) is 4.28. The van der Waals surface area contributed by atoms with Gasteiger partial charge >= 0.3 is 0 Å². The molecule has 2 rings (SSSR count). The molecule has 2 nitrogen and oxygen atoms in total. The highest BCUT2D eigenvalue weighted by Crippen LogP contribution is 2.41. The van der Waals surface area contributed by atoms with Gasteiger partial charge < -0.3 is 9.88 Å². The third-order valence-electron chi connectivity index (χ3n) is 5.55. The maximum Gasteiger partial charge on any atom is 0.0380 e. The predicted octanol–water partition coefficient (Wildman–Crippen LogP) is 7.92. The minimum atomic E-state index is 0.0368. The van der Waals surface area contributed by atoms with Crippen molar-refractivity contribution in [1.82, 2.24) is 4.98 Å². The van der Waals surface area contributed by atoms with E-state index in [2.05, 4.69) is 117 Å². The number of aromatic amines is 1. The van der Waals surface area contributed by atoms with E-state index in [1.807, 2.05) is 0 Å². The summed E-state index contributed by atoms with van der Waals surface area (Å²) in [4.78, 5) is 6.22. The molecule has 1 aromatic heterocycles. The van der Waals surface area contributed by atoms with Crippen molar-refractivity contribution in [2.45, 2.75) is 107 Å². The van der Waals surface area contributed by atoms with Gasteiger partial charge in [0, 0.05) is 40.0 Å². The minimum absolute atomic E-state index is 0.0368. The van der Waals surface area contributed by atoms with Crippen molar-refractivity contribution in [3.63, 3.8) is 0 Å². The van der Waals surface area contributed by atoms with E-state index in [-0.39, 0.29) is 21.8 Å². The summed E-state index contributed by atoms with van der Waals surface area (Å²) in [7, 11) is 0. The molecule has 1 atom stereocenters. The normalized spacial score (nSPS) is 15.1. The van der Waals surface area contributed by atoms with Crippen LogP contribution in [0.2, 0.25) is 0 Å². The number of benzene rings is 1. The van der Waals surface area contributed by atoms with Crippen LogP contribution < -0.4 is 4.90 Å². The van der Waals surface area contributed by atoms with Gasteiger partial charge in [0.05, 0.1) is 0 Å². The van der Waals surface area contributed by atoms with Crippen molar-refractivity contribution in [2.75, 3.05) is 4.90 Å². The van der Waals surface area contributed by atoms with E-state index in [4.69, 9.17) is 0 Å². The van der Waals surface area contributed by atoms with Crippen molar-refractivity contribution in [1.29, 1.82) is 0 Å². The molecule has 0 fully saturated rings. The van der Waals surface area contributed by atoms with Crippen LogP contribution in [0.5, 0.6) is 0 Å². The highest BCUT2D eigenvalue weighted by Gasteiger charge is 2.39. The molecule has 28 heavy (non-hydrogen) atoms. The first-order valence-electron chi connectivity index (χ1n) is 10.8. The van der Waals surface area contributed by atoms with Crippen molar-refractivity contribution >= 4 is 16.5 Å². The SMILES string of the molecule is CC(C)(C)CC(N(c1ccc2c[nH]c(C(C)(C)C)c2c1)C(C)(C)C)C(C)(C)C. The third-order valence-corrected chi connectivity index (χ3v) is 5.55. The van der Waals surface area contributed by atoms with Crippen molar-refractivity contribution in [3.05, 3.63) is 30.1 Å². The molecular weight excluding hydrogens is 340 g/mol. The zero-order valence-electron chi connectivity index (χ0n) is 20.5. The molecule has 0 bridgehead atoms. The van der Waals surface area contributed by atoms with Gasteiger partial charge in [0.2, 0.25) is 0 Å². The van der Waals surface area contributed by atoms with Crippen LogP contribution in [0.4, 0.5) is 5.69 Å². The van der Waals surface area contributed by atoms with Crippen molar-refractivity contribution in [3.8, 4) is 0 Å². The van der Waals surface area contributed by atoms with Crippen LogP contribution in [-0.2, 0) is 5.41 Å². The van der Waals surface area contributed by atoms with Crippen LogP contribution in [0.3, 0.4) is 0 Å². The van der Waals surface area contributed by atoms with Gasteiger partial charge in [0.1, 0.15) is 0 Å². The lowest BCUT2D eigenvalue weighted by molar-refractivity contribution is 0.198. The number of anilines is 1. The molecule has 2 aromatic rings. The highest BCUT2D eigenvalue weighted by molar-refractivity contribution is 5.89. The van der Waals surface area contributed by atoms with Gasteiger partial charge in [-0.05, 0) is 55.5 Å². The van der Waals surface area contributed by atoms with Crippen LogP contribution in [0.25, 0.3) is 10.8 Å². The van der Waals surface area contributed by atoms with Gasteiger partial charge in [-0.2, -0.15) is 0 Å². The maximum absolute atomic E-state index is 3.54. The second-order valence-corrected chi connectivity index (χ2v) is 12.9. The summed E-state index contributed by atoms with van der Waals surface area (Å²) >= 11 is 0. The zero-order valence-corrected chi connectivity index (χ0v) is 20.5. The van der Waals surface area contributed by atoms with Gasteiger partial charge in [-0.3, -0.25) is 0 Å². The molecule has 0 saturated carbocycles. The van der Waals surface area contributed by atoms with Crippen LogP contribution in [0.15, 0.2) is 24.4 Å². The molecule has 1 heterocycles. The van der Waals surface area contributed by atoms with Crippen molar-refractivity contribution < 1.29 is 0 Å². The standard InChI is InChI=1S/C26H44N2/c1-23(2,3)16-21(24(4,5)6)28(26(10,11)12)19-14-13-18-17-27-22(20(18)15-19)25(7,8)9/h13-15,17,21,27H,16H2,1-12H3. The van der Waals surface area contributed by atoms with Crippen molar-refractivity contribution in [2.24, 2.45) is 10.8 Å². The Kier molecular flexibility index (Phi) is 5.80. The lowest BCUT2D eigenvalue weighted by atomic mass is 9.74. The summed E-state index contributed by atoms with van der Waals surface area (Å²) in [5.74, 6) is 0. The van der Waals surface area contributed by atoms with Crippen LogP contribution in [0, 0.1) is 10.8 Å². The van der Waals surface area contributed by atoms with Crippen LogP contribution >= 0.6 is 0 Å². The molecule has 0 spiro atoms. The Balaban J connectivity index is 2.68. The summed E-state index contributed by atoms with van der Waals surface area (Å²) < 4.78 is 0. The lowest BCUT2D eigenvalue weighted by Gasteiger charge is -2.51. The quantitative estimate of drug-likeness (QED) is 0.569. The van der Waals surface area contributed by atoms with Gasteiger partial charge in [0.15, 0.2) is 0 Å². The number of nitrogens with one attached hydrogen (secondary N) is 1. The summed E-state index contributed by atoms with van der Waals surface area (Å²) in [6, 6.07) is 7.46. The largest absolute Gasteiger partial charge is 0.363 e. The first kappa shape index (κ1) is 22.8. The number of aromatic nitrogens is 1. The van der Waals surface area contributed by atoms with E-state index in [1.54, 1.807) is 0 Å². The first-order chi connectivity index (χ1) is 12.4. The summed E-state index contributed by atoms with van der Waals surface area (Å²) in [5.41, 5.74) is 3.24. The molecule has 2 heteroatoms. The van der Waals surface area contributed by atoms with E-state index >= 15 is 0 Å². The Morgan fingerprint density at radius 3 is 1.86 bits per heavy atom. The average Bonchev–Trinajstić information content (AvgIpc) is 2.85. The Morgan fingerprint density at radius 1 is 0.857 bits per heavy atom. The Hall–Kier alpha value is -1.44. The number of rotatable bonds is 3. The molecular formula is C26H44N2. The molecule has 1 aromatic carbocycles. The smallest absolute Gasteiger partial charge is 0.0380 e. The van der Waals surface area contributed by atoms with E-state index in [0.717, 1.165) is 6.42 Å². The molecule has 0 radical (unpaired) electrons. The number of nitrogens with zero attached hydrogens (tertiary/aromatic N) is 1. The summed E-state index contributed by atoms with van der Waals surface area (Å²) in [6.45, 7) is 28.1.